The lowest BCUT2D eigenvalue weighted by Gasteiger charge is -2.13. The third-order valence-electron chi connectivity index (χ3n) is 4.36. The van der Waals surface area contributed by atoms with Gasteiger partial charge in [-0.05, 0) is 42.5 Å². The number of imidazole rings is 1. The Morgan fingerprint density at radius 2 is 1.88 bits per heavy atom. The monoisotopic (exact) mass is 334 g/mol. The maximum absolute atomic E-state index is 6.12. The first-order chi connectivity index (χ1) is 12.2. The molecule has 0 atom stereocenters. The van der Waals surface area contributed by atoms with Crippen LogP contribution in [0.5, 0.6) is 5.75 Å². The predicted octanol–water partition coefficient (Wildman–Crippen LogP) is 5.39. The third-order valence-corrected chi connectivity index (χ3v) is 4.36. The molecule has 3 heteroatoms. The molecule has 0 saturated heterocycles. The summed E-state index contributed by atoms with van der Waals surface area (Å²) in [6.07, 6.45) is 3.83. The summed E-state index contributed by atoms with van der Waals surface area (Å²) in [4.78, 5) is 4.80. The first-order valence-electron chi connectivity index (χ1n) is 8.94. The molecule has 0 saturated carbocycles. The van der Waals surface area contributed by atoms with E-state index in [4.69, 9.17) is 9.72 Å². The van der Waals surface area contributed by atoms with E-state index in [1.54, 1.807) is 0 Å². The summed E-state index contributed by atoms with van der Waals surface area (Å²) in [5.74, 6) is 2.54. The second-order valence-electron chi connectivity index (χ2n) is 6.74. The summed E-state index contributed by atoms with van der Waals surface area (Å²) in [7, 11) is 0. The number of fused-ring (bicyclic) bond motifs is 1. The second kappa shape index (κ2) is 8.02. The molecular weight excluding hydrogens is 308 g/mol. The van der Waals surface area contributed by atoms with Gasteiger partial charge in [0.05, 0.1) is 11.0 Å². The zero-order chi connectivity index (χ0) is 17.6. The lowest BCUT2D eigenvalue weighted by atomic mass is 10.1. The normalized spacial score (nSPS) is 11.2. The Morgan fingerprint density at radius 1 is 1.12 bits per heavy atom. The van der Waals surface area contributed by atoms with Crippen molar-refractivity contribution in [1.29, 1.82) is 0 Å². The fourth-order valence-corrected chi connectivity index (χ4v) is 2.98. The number of nitrogens with zero attached hydrogens (tertiary/aromatic N) is 2. The summed E-state index contributed by atoms with van der Waals surface area (Å²) in [6, 6.07) is 16.4. The summed E-state index contributed by atoms with van der Waals surface area (Å²) in [5.41, 5.74) is 3.37. The van der Waals surface area contributed by atoms with Crippen LogP contribution in [0.3, 0.4) is 0 Å². The molecule has 0 N–H and O–H groups in total. The van der Waals surface area contributed by atoms with Gasteiger partial charge in [0.15, 0.2) is 0 Å². The van der Waals surface area contributed by atoms with Crippen molar-refractivity contribution in [1.82, 2.24) is 9.55 Å². The number of rotatable bonds is 8. The van der Waals surface area contributed by atoms with Crippen molar-refractivity contribution in [3.63, 3.8) is 0 Å². The van der Waals surface area contributed by atoms with Gasteiger partial charge in [-0.2, -0.15) is 0 Å². The molecule has 130 valence electrons. The molecule has 2 aromatic carbocycles. The molecule has 1 heterocycles. The van der Waals surface area contributed by atoms with Gasteiger partial charge in [0.1, 0.15) is 18.2 Å². The number of para-hydroxylation sites is 3. The molecule has 3 rings (SSSR count). The highest BCUT2D eigenvalue weighted by molar-refractivity contribution is 5.75. The van der Waals surface area contributed by atoms with Gasteiger partial charge in [-0.25, -0.2) is 4.98 Å². The number of ether oxygens (including phenoxy) is 1. The number of hydrogen-bond donors (Lipinski definition) is 0. The predicted molar refractivity (Wildman–Crippen MR) is 104 cm³/mol. The zero-order valence-electron chi connectivity index (χ0n) is 15.1. The molecule has 25 heavy (non-hydrogen) atoms. The van der Waals surface area contributed by atoms with Crippen molar-refractivity contribution in [2.24, 2.45) is 5.92 Å². The topological polar surface area (TPSA) is 27.1 Å². The van der Waals surface area contributed by atoms with E-state index in [1.807, 2.05) is 30.3 Å². The van der Waals surface area contributed by atoms with Crippen molar-refractivity contribution in [2.45, 2.75) is 39.8 Å². The van der Waals surface area contributed by atoms with E-state index < -0.39 is 0 Å². The van der Waals surface area contributed by atoms with Gasteiger partial charge < -0.3 is 9.30 Å². The van der Waals surface area contributed by atoms with Crippen LogP contribution >= 0.6 is 0 Å². The van der Waals surface area contributed by atoms with Gasteiger partial charge in [0.2, 0.25) is 0 Å². The summed E-state index contributed by atoms with van der Waals surface area (Å²) in [5, 5.41) is 0. The largest absolute Gasteiger partial charge is 0.485 e. The van der Waals surface area contributed by atoms with Crippen molar-refractivity contribution in [3.05, 3.63) is 72.6 Å². The average molecular weight is 334 g/mol. The van der Waals surface area contributed by atoms with E-state index in [9.17, 15) is 0 Å². The van der Waals surface area contributed by atoms with Crippen LogP contribution in [0.4, 0.5) is 0 Å². The SMILES string of the molecule is C=CCc1ccccc1OCc1nc2ccccc2n1CCC(C)C. The highest BCUT2D eigenvalue weighted by Gasteiger charge is 2.12. The fraction of sp³-hybridized carbons (Fsp3) is 0.318. The van der Waals surface area contributed by atoms with Gasteiger partial charge in [-0.3, -0.25) is 0 Å². The van der Waals surface area contributed by atoms with Crippen LogP contribution in [-0.4, -0.2) is 9.55 Å². The maximum atomic E-state index is 6.12. The van der Waals surface area contributed by atoms with E-state index in [0.29, 0.717) is 12.5 Å². The molecule has 1 aromatic heterocycles. The molecule has 0 spiro atoms. The smallest absolute Gasteiger partial charge is 0.147 e. The quantitative estimate of drug-likeness (QED) is 0.516. The Hall–Kier alpha value is -2.55. The van der Waals surface area contributed by atoms with Crippen LogP contribution in [0, 0.1) is 5.92 Å². The molecule has 0 fully saturated rings. The summed E-state index contributed by atoms with van der Waals surface area (Å²) < 4.78 is 8.42. The molecule has 0 aliphatic heterocycles. The van der Waals surface area contributed by atoms with Gasteiger partial charge in [-0.15, -0.1) is 6.58 Å². The van der Waals surface area contributed by atoms with Gasteiger partial charge in [0.25, 0.3) is 0 Å². The molecule has 3 aromatic rings. The highest BCUT2D eigenvalue weighted by atomic mass is 16.5. The van der Waals surface area contributed by atoms with E-state index in [0.717, 1.165) is 42.0 Å². The molecular formula is C22H26N2O. The van der Waals surface area contributed by atoms with Gasteiger partial charge >= 0.3 is 0 Å². The molecule has 0 unspecified atom stereocenters. The Bertz CT molecular complexity index is 848. The minimum atomic E-state index is 0.473. The molecule has 0 aliphatic carbocycles. The second-order valence-corrected chi connectivity index (χ2v) is 6.74. The third kappa shape index (κ3) is 4.11. The minimum Gasteiger partial charge on any atom is -0.485 e. The lowest BCUT2D eigenvalue weighted by molar-refractivity contribution is 0.286. The van der Waals surface area contributed by atoms with Crippen molar-refractivity contribution in [3.8, 4) is 5.75 Å². The van der Waals surface area contributed by atoms with E-state index >= 15 is 0 Å². The molecule has 0 aliphatic rings. The van der Waals surface area contributed by atoms with Crippen LogP contribution in [0.15, 0.2) is 61.2 Å². The average Bonchev–Trinajstić information content (AvgIpc) is 2.97. The van der Waals surface area contributed by atoms with Crippen molar-refractivity contribution < 1.29 is 4.74 Å². The van der Waals surface area contributed by atoms with Gasteiger partial charge in [0, 0.05) is 6.54 Å². The standard InChI is InChI=1S/C22H26N2O/c1-4-9-18-10-5-8-13-21(18)25-16-22-23-19-11-6-7-12-20(19)24(22)15-14-17(2)3/h4-8,10-13,17H,1,9,14-16H2,2-3H3. The molecule has 0 amide bonds. The van der Waals surface area contributed by atoms with Crippen LogP contribution in [0.25, 0.3) is 11.0 Å². The fourth-order valence-electron chi connectivity index (χ4n) is 2.98. The summed E-state index contributed by atoms with van der Waals surface area (Å²) in [6.45, 7) is 9.77. The molecule has 0 bridgehead atoms. The van der Waals surface area contributed by atoms with E-state index in [2.05, 4.69) is 49.3 Å². The summed E-state index contributed by atoms with van der Waals surface area (Å²) >= 11 is 0. The van der Waals surface area contributed by atoms with E-state index in [-0.39, 0.29) is 0 Å². The van der Waals surface area contributed by atoms with Gasteiger partial charge in [-0.1, -0.05) is 50.3 Å². The molecule has 3 nitrogen and oxygen atoms in total. The van der Waals surface area contributed by atoms with Crippen LogP contribution in [-0.2, 0) is 19.6 Å². The molecule has 0 radical (unpaired) electrons. The number of benzene rings is 2. The Morgan fingerprint density at radius 3 is 2.68 bits per heavy atom. The van der Waals surface area contributed by atoms with Crippen LogP contribution in [0.1, 0.15) is 31.7 Å². The number of aryl methyl sites for hydroxylation is 1. The first-order valence-corrected chi connectivity index (χ1v) is 8.94. The zero-order valence-corrected chi connectivity index (χ0v) is 15.1. The number of aromatic nitrogens is 2. The maximum Gasteiger partial charge on any atom is 0.147 e. The Kier molecular flexibility index (Phi) is 5.54. The van der Waals surface area contributed by atoms with Crippen LogP contribution in [0.2, 0.25) is 0 Å². The Balaban J connectivity index is 1.85. The van der Waals surface area contributed by atoms with Crippen molar-refractivity contribution in [2.75, 3.05) is 0 Å². The number of allylic oxidation sites excluding steroid dienone is 1. The minimum absolute atomic E-state index is 0.473. The van der Waals surface area contributed by atoms with Crippen LogP contribution < -0.4 is 4.74 Å². The highest BCUT2D eigenvalue weighted by Crippen LogP contribution is 2.22. The van der Waals surface area contributed by atoms with Crippen molar-refractivity contribution >= 4 is 11.0 Å². The lowest BCUT2D eigenvalue weighted by Crippen LogP contribution is -2.09. The number of hydrogen-bond acceptors (Lipinski definition) is 2. The van der Waals surface area contributed by atoms with E-state index in [1.165, 1.54) is 5.52 Å². The first kappa shape index (κ1) is 17.3. The Labute approximate surface area is 150 Å².